The molecule has 112 valence electrons. The minimum Gasteiger partial charge on any atom is -0.379 e. The van der Waals surface area contributed by atoms with Crippen LogP contribution in [0.4, 0.5) is 0 Å². The highest BCUT2D eigenvalue weighted by molar-refractivity contribution is 7.89. The molecule has 3 rings (SSSR count). The first-order valence-electron chi connectivity index (χ1n) is 6.76. The summed E-state index contributed by atoms with van der Waals surface area (Å²) in [4.78, 5) is 0.248. The van der Waals surface area contributed by atoms with E-state index in [2.05, 4.69) is 5.10 Å². The molecule has 0 radical (unpaired) electrons. The fourth-order valence-corrected chi connectivity index (χ4v) is 3.97. The van der Waals surface area contributed by atoms with Gasteiger partial charge in [0.05, 0.1) is 13.2 Å². The van der Waals surface area contributed by atoms with Crippen LogP contribution in [0, 0.1) is 0 Å². The Morgan fingerprint density at radius 1 is 1.14 bits per heavy atom. The normalized spacial score (nSPS) is 17.0. The Morgan fingerprint density at radius 3 is 2.48 bits per heavy atom. The molecule has 0 amide bonds. The molecule has 1 aromatic carbocycles. The summed E-state index contributed by atoms with van der Waals surface area (Å²) >= 11 is 0. The fourth-order valence-electron chi connectivity index (χ4n) is 2.38. The van der Waals surface area contributed by atoms with Crippen molar-refractivity contribution in [2.75, 3.05) is 26.3 Å². The quantitative estimate of drug-likeness (QED) is 0.852. The Balaban J connectivity index is 2.06. The highest BCUT2D eigenvalue weighted by Gasteiger charge is 2.30. The number of rotatable bonds is 3. The highest BCUT2D eigenvalue weighted by atomic mass is 32.2. The van der Waals surface area contributed by atoms with Gasteiger partial charge in [-0.1, -0.05) is 30.3 Å². The van der Waals surface area contributed by atoms with Crippen molar-refractivity contribution in [2.45, 2.75) is 4.90 Å². The van der Waals surface area contributed by atoms with Crippen LogP contribution in [0.15, 0.2) is 41.4 Å². The van der Waals surface area contributed by atoms with Gasteiger partial charge in [0.25, 0.3) is 0 Å². The Bertz CT molecular complexity index is 719. The average Bonchev–Trinajstić information content (AvgIpc) is 2.92. The van der Waals surface area contributed by atoms with E-state index in [-0.39, 0.29) is 4.90 Å². The Kier molecular flexibility index (Phi) is 3.79. The summed E-state index contributed by atoms with van der Waals surface area (Å²) in [5.74, 6) is 0. The minimum absolute atomic E-state index is 0.248. The number of ether oxygens (including phenoxy) is 1. The van der Waals surface area contributed by atoms with Crippen molar-refractivity contribution in [3.05, 3.63) is 36.5 Å². The number of hydrogen-bond donors (Lipinski definition) is 0. The zero-order valence-electron chi connectivity index (χ0n) is 11.8. The van der Waals surface area contributed by atoms with E-state index in [1.165, 1.54) is 8.99 Å². The van der Waals surface area contributed by atoms with Crippen LogP contribution in [0.1, 0.15) is 0 Å². The van der Waals surface area contributed by atoms with Gasteiger partial charge in [0.15, 0.2) is 0 Å². The van der Waals surface area contributed by atoms with Crippen LogP contribution in [-0.4, -0.2) is 48.8 Å². The third-order valence-electron chi connectivity index (χ3n) is 3.43. The van der Waals surface area contributed by atoms with Crippen LogP contribution in [0.25, 0.3) is 11.3 Å². The largest absolute Gasteiger partial charge is 0.379 e. The van der Waals surface area contributed by atoms with E-state index in [0.29, 0.717) is 32.0 Å². The summed E-state index contributed by atoms with van der Waals surface area (Å²) in [7, 11) is -1.82. The third kappa shape index (κ3) is 2.72. The first-order valence-corrected chi connectivity index (χ1v) is 8.20. The topological polar surface area (TPSA) is 64.4 Å². The molecule has 1 aliphatic heterocycles. The summed E-state index contributed by atoms with van der Waals surface area (Å²) in [6.45, 7) is 1.62. The zero-order chi connectivity index (χ0) is 14.9. The molecule has 7 heteroatoms. The van der Waals surface area contributed by atoms with Crippen LogP contribution in [0.3, 0.4) is 0 Å². The molecule has 1 aliphatic rings. The van der Waals surface area contributed by atoms with E-state index < -0.39 is 10.0 Å². The van der Waals surface area contributed by atoms with E-state index in [1.807, 2.05) is 30.3 Å². The highest BCUT2D eigenvalue weighted by Crippen LogP contribution is 2.28. The van der Waals surface area contributed by atoms with E-state index in [1.54, 1.807) is 13.2 Å². The molecule has 0 atom stereocenters. The van der Waals surface area contributed by atoms with Gasteiger partial charge in [0.2, 0.25) is 10.0 Å². The van der Waals surface area contributed by atoms with E-state index in [0.717, 1.165) is 5.56 Å². The van der Waals surface area contributed by atoms with Crippen molar-refractivity contribution in [3.63, 3.8) is 0 Å². The summed E-state index contributed by atoms with van der Waals surface area (Å²) in [6, 6.07) is 9.36. The smallest absolute Gasteiger partial charge is 0.246 e. The molecule has 1 fully saturated rings. The van der Waals surface area contributed by atoms with Crippen molar-refractivity contribution in [1.29, 1.82) is 0 Å². The molecule has 1 aromatic heterocycles. The number of benzene rings is 1. The average molecular weight is 307 g/mol. The summed E-state index contributed by atoms with van der Waals surface area (Å²) in [5, 5.41) is 4.32. The maximum Gasteiger partial charge on any atom is 0.246 e. The number of nitrogens with zero attached hydrogens (tertiary/aromatic N) is 3. The number of aromatic nitrogens is 2. The van der Waals surface area contributed by atoms with Gasteiger partial charge in [-0.3, -0.25) is 4.68 Å². The molecular weight excluding hydrogens is 290 g/mol. The van der Waals surface area contributed by atoms with Crippen molar-refractivity contribution in [1.82, 2.24) is 14.1 Å². The van der Waals surface area contributed by atoms with Crippen LogP contribution in [0.5, 0.6) is 0 Å². The predicted molar refractivity (Wildman–Crippen MR) is 78.2 cm³/mol. The first kappa shape index (κ1) is 14.2. The maximum atomic E-state index is 12.8. The Hall–Kier alpha value is -1.70. The molecule has 21 heavy (non-hydrogen) atoms. The molecule has 0 aliphatic carbocycles. The Labute approximate surface area is 124 Å². The molecule has 2 heterocycles. The number of aryl methyl sites for hydroxylation is 1. The standard InChI is InChI=1S/C14H17N3O3S/c1-16-11-13(14(15-16)12-5-3-2-4-6-12)21(18,19)17-7-9-20-10-8-17/h2-6,11H,7-10H2,1H3. The van der Waals surface area contributed by atoms with Crippen molar-refractivity contribution >= 4 is 10.0 Å². The predicted octanol–water partition coefficient (Wildman–Crippen LogP) is 1.11. The maximum absolute atomic E-state index is 12.8. The van der Waals surface area contributed by atoms with Crippen LogP contribution in [0.2, 0.25) is 0 Å². The molecular formula is C14H17N3O3S. The zero-order valence-corrected chi connectivity index (χ0v) is 12.6. The second-order valence-corrected chi connectivity index (χ2v) is 6.80. The number of sulfonamides is 1. The lowest BCUT2D eigenvalue weighted by Gasteiger charge is -2.25. The SMILES string of the molecule is Cn1cc(S(=O)(=O)N2CCOCC2)c(-c2ccccc2)n1. The minimum atomic E-state index is -3.55. The third-order valence-corrected chi connectivity index (χ3v) is 5.33. The van der Waals surface area contributed by atoms with Crippen molar-refractivity contribution in [3.8, 4) is 11.3 Å². The number of morpholine rings is 1. The molecule has 2 aromatic rings. The first-order chi connectivity index (χ1) is 10.1. The summed E-state index contributed by atoms with van der Waals surface area (Å²) in [6.07, 6.45) is 1.56. The molecule has 0 N–H and O–H groups in total. The van der Waals surface area contributed by atoms with Gasteiger partial charge >= 0.3 is 0 Å². The second kappa shape index (κ2) is 5.59. The molecule has 0 spiro atoms. The molecule has 0 bridgehead atoms. The van der Waals surface area contributed by atoms with Gasteiger partial charge < -0.3 is 4.74 Å². The van der Waals surface area contributed by atoms with Gasteiger partial charge in [-0.25, -0.2) is 8.42 Å². The van der Waals surface area contributed by atoms with Gasteiger partial charge in [-0.05, 0) is 0 Å². The summed E-state index contributed by atoms with van der Waals surface area (Å²) < 4.78 is 33.8. The van der Waals surface area contributed by atoms with Crippen LogP contribution in [-0.2, 0) is 21.8 Å². The van der Waals surface area contributed by atoms with E-state index >= 15 is 0 Å². The van der Waals surface area contributed by atoms with Gasteiger partial charge in [-0.2, -0.15) is 9.40 Å². The van der Waals surface area contributed by atoms with E-state index in [4.69, 9.17) is 4.74 Å². The second-order valence-electron chi connectivity index (χ2n) is 4.90. The molecule has 0 saturated carbocycles. The lowest BCUT2D eigenvalue weighted by atomic mass is 10.2. The van der Waals surface area contributed by atoms with Gasteiger partial charge in [0.1, 0.15) is 10.6 Å². The molecule has 1 saturated heterocycles. The van der Waals surface area contributed by atoms with Crippen LogP contribution >= 0.6 is 0 Å². The lowest BCUT2D eigenvalue weighted by molar-refractivity contribution is 0.0730. The van der Waals surface area contributed by atoms with Gasteiger partial charge in [-0.15, -0.1) is 0 Å². The fraction of sp³-hybridized carbons (Fsp3) is 0.357. The molecule has 0 unspecified atom stereocenters. The van der Waals surface area contributed by atoms with Crippen molar-refractivity contribution < 1.29 is 13.2 Å². The molecule has 6 nitrogen and oxygen atoms in total. The Morgan fingerprint density at radius 2 is 1.81 bits per heavy atom. The van der Waals surface area contributed by atoms with Crippen molar-refractivity contribution in [2.24, 2.45) is 7.05 Å². The monoisotopic (exact) mass is 307 g/mol. The van der Waals surface area contributed by atoms with E-state index in [9.17, 15) is 8.42 Å². The van der Waals surface area contributed by atoms with Gasteiger partial charge in [0, 0.05) is 31.9 Å². The summed E-state index contributed by atoms with van der Waals surface area (Å²) in [5.41, 5.74) is 1.29. The number of hydrogen-bond acceptors (Lipinski definition) is 4. The van der Waals surface area contributed by atoms with Crippen LogP contribution < -0.4 is 0 Å². The lowest BCUT2D eigenvalue weighted by Crippen LogP contribution is -2.40.